The topological polar surface area (TPSA) is 117 Å². The summed E-state index contributed by atoms with van der Waals surface area (Å²) in [6, 6.07) is 15.4. The van der Waals surface area contributed by atoms with Crippen molar-refractivity contribution < 1.29 is 14.3 Å². The highest BCUT2D eigenvalue weighted by Gasteiger charge is 2.33. The number of hydrogen-bond donors (Lipinski definition) is 4. The van der Waals surface area contributed by atoms with Crippen molar-refractivity contribution in [2.24, 2.45) is 11.7 Å². The molecule has 1 saturated carbocycles. The van der Waals surface area contributed by atoms with E-state index in [1.807, 2.05) is 53.9 Å². The van der Waals surface area contributed by atoms with Crippen LogP contribution in [-0.4, -0.2) is 30.9 Å². The van der Waals surface area contributed by atoms with Crippen LogP contribution in [0.2, 0.25) is 0 Å². The maximum Gasteiger partial charge on any atom is 0.310 e. The lowest BCUT2D eigenvalue weighted by molar-refractivity contribution is -0.148. The van der Waals surface area contributed by atoms with Crippen molar-refractivity contribution >= 4 is 39.1 Å². The highest BCUT2D eigenvalue weighted by atomic mass is 32.1. The molecule has 178 valence electrons. The molecule has 1 unspecified atom stereocenters. The van der Waals surface area contributed by atoms with Gasteiger partial charge in [-0.15, -0.1) is 11.3 Å². The first-order valence-electron chi connectivity index (χ1n) is 11.5. The van der Waals surface area contributed by atoms with E-state index in [2.05, 4.69) is 10.9 Å². The summed E-state index contributed by atoms with van der Waals surface area (Å²) in [4.78, 5) is 25.8. The van der Waals surface area contributed by atoms with Gasteiger partial charge >= 0.3 is 5.97 Å². The molecular weight excluding hydrogens is 448 g/mol. The van der Waals surface area contributed by atoms with Crippen LogP contribution in [0.5, 0.6) is 0 Å². The predicted molar refractivity (Wildman–Crippen MR) is 135 cm³/mol. The third-order valence-electron chi connectivity index (χ3n) is 6.54. The van der Waals surface area contributed by atoms with Gasteiger partial charge in [-0.2, -0.15) is 0 Å². The van der Waals surface area contributed by atoms with Crippen LogP contribution < -0.4 is 16.6 Å². The molecule has 1 fully saturated rings. The highest BCUT2D eigenvalue weighted by molar-refractivity contribution is 7.17. The minimum atomic E-state index is -0.453. The normalized spacial score (nSPS) is 18.9. The lowest BCUT2D eigenvalue weighted by Gasteiger charge is -2.31. The number of carbonyl (C=O) groups excluding carboxylic acids is 2. The van der Waals surface area contributed by atoms with Gasteiger partial charge in [0.2, 0.25) is 5.91 Å². The Bertz CT molecular complexity index is 1180. The Morgan fingerprint density at radius 3 is 2.68 bits per heavy atom. The molecule has 1 amide bonds. The average Bonchev–Trinajstić information content (AvgIpc) is 3.29. The molecule has 0 saturated heterocycles. The Hall–Kier alpha value is -3.23. The van der Waals surface area contributed by atoms with Crippen molar-refractivity contribution in [1.82, 2.24) is 10.9 Å². The largest absolute Gasteiger partial charge is 0.469 e. The first-order chi connectivity index (χ1) is 16.5. The van der Waals surface area contributed by atoms with Gasteiger partial charge in [-0.05, 0) is 59.4 Å². The molecule has 3 aromatic rings. The Kier molecular flexibility index (Phi) is 7.59. The van der Waals surface area contributed by atoms with Gasteiger partial charge in [0.05, 0.1) is 18.9 Å². The van der Waals surface area contributed by atoms with E-state index < -0.39 is 5.92 Å². The van der Waals surface area contributed by atoms with Crippen LogP contribution in [0.3, 0.4) is 0 Å². The van der Waals surface area contributed by atoms with Gasteiger partial charge in [0.1, 0.15) is 5.84 Å². The molecule has 0 bridgehead atoms. The quantitative estimate of drug-likeness (QED) is 0.170. The summed E-state index contributed by atoms with van der Waals surface area (Å²) in [5, 5.41) is 10.8. The second kappa shape index (κ2) is 10.8. The van der Waals surface area contributed by atoms with Crippen LogP contribution in [0.1, 0.15) is 48.3 Å². The molecule has 8 heteroatoms. The number of benzene rings is 2. The molecule has 1 heterocycles. The van der Waals surface area contributed by atoms with Crippen LogP contribution >= 0.6 is 11.3 Å². The van der Waals surface area contributed by atoms with E-state index in [1.165, 1.54) is 7.11 Å². The lowest BCUT2D eigenvalue weighted by Crippen LogP contribution is -2.52. The van der Waals surface area contributed by atoms with Gasteiger partial charge in [0, 0.05) is 16.3 Å². The van der Waals surface area contributed by atoms with Crippen molar-refractivity contribution in [3.63, 3.8) is 0 Å². The zero-order valence-corrected chi connectivity index (χ0v) is 20.0. The van der Waals surface area contributed by atoms with Crippen molar-refractivity contribution in [2.75, 3.05) is 7.11 Å². The van der Waals surface area contributed by atoms with Gasteiger partial charge in [-0.25, -0.2) is 5.43 Å². The van der Waals surface area contributed by atoms with Crippen molar-refractivity contribution in [3.05, 3.63) is 70.6 Å². The first kappa shape index (κ1) is 23.9. The van der Waals surface area contributed by atoms with Crippen LogP contribution in [0.15, 0.2) is 53.9 Å². The fourth-order valence-electron chi connectivity index (χ4n) is 4.67. The maximum absolute atomic E-state index is 13.5. The van der Waals surface area contributed by atoms with Crippen LogP contribution in [0.4, 0.5) is 0 Å². The SMILES string of the molecule is COC(=O)[C@H]1CCCCC1NNC(=O)[C@H](Cc1ccccc1)c1csc2ccc(C(=N)N)cc12. The zero-order chi connectivity index (χ0) is 24.1. The van der Waals surface area contributed by atoms with E-state index in [-0.39, 0.29) is 29.7 Å². The number of nitrogens with one attached hydrogen (secondary N) is 3. The summed E-state index contributed by atoms with van der Waals surface area (Å²) in [7, 11) is 1.40. The van der Waals surface area contributed by atoms with Gasteiger partial charge in [-0.1, -0.05) is 43.2 Å². The van der Waals surface area contributed by atoms with Crippen LogP contribution in [0.25, 0.3) is 10.1 Å². The minimum absolute atomic E-state index is 0.00377. The first-order valence-corrected chi connectivity index (χ1v) is 12.4. The standard InChI is InChI=1S/C26H30N4O3S/c1-33-26(32)18-9-5-6-10-22(18)29-30-25(31)20(13-16-7-3-2-4-8-16)21-15-34-23-12-11-17(24(27)28)14-19(21)23/h2-4,7-8,11-12,14-15,18,20,22,29H,5-6,9-10,13H2,1H3,(H3,27,28)(H,30,31)/t18-,20+,22?/m0/s1. The summed E-state index contributed by atoms with van der Waals surface area (Å²) >= 11 is 1.57. The molecule has 0 spiro atoms. The number of hydrogen-bond acceptors (Lipinski definition) is 6. The molecule has 3 atom stereocenters. The molecule has 2 aromatic carbocycles. The van der Waals surface area contributed by atoms with Gasteiger partial charge in [0.25, 0.3) is 0 Å². The second-order valence-corrected chi connectivity index (χ2v) is 9.62. The summed E-state index contributed by atoms with van der Waals surface area (Å²) in [6.07, 6.45) is 4.04. The van der Waals surface area contributed by atoms with Crippen molar-refractivity contribution in [2.45, 2.75) is 44.1 Å². The Balaban J connectivity index is 1.61. The van der Waals surface area contributed by atoms with Crippen molar-refractivity contribution in [1.29, 1.82) is 5.41 Å². The van der Waals surface area contributed by atoms with E-state index in [0.29, 0.717) is 12.0 Å². The molecule has 0 aliphatic heterocycles. The highest BCUT2D eigenvalue weighted by Crippen LogP contribution is 2.34. The van der Waals surface area contributed by atoms with E-state index in [9.17, 15) is 9.59 Å². The predicted octanol–water partition coefficient (Wildman–Crippen LogP) is 3.86. The number of thiophene rings is 1. The molecular formula is C26H30N4O3S. The number of hydrazine groups is 1. The number of esters is 1. The Labute approximate surface area is 203 Å². The maximum atomic E-state index is 13.5. The average molecular weight is 479 g/mol. The monoisotopic (exact) mass is 478 g/mol. The molecule has 5 N–H and O–H groups in total. The van der Waals surface area contributed by atoms with E-state index in [0.717, 1.165) is 46.9 Å². The van der Waals surface area contributed by atoms with Gasteiger partial charge in [-0.3, -0.25) is 20.4 Å². The molecule has 1 aliphatic rings. The summed E-state index contributed by atoms with van der Waals surface area (Å²) in [5.41, 5.74) is 14.4. The third-order valence-corrected chi connectivity index (χ3v) is 7.52. The summed E-state index contributed by atoms with van der Waals surface area (Å²) < 4.78 is 6.01. The molecule has 7 nitrogen and oxygen atoms in total. The smallest absolute Gasteiger partial charge is 0.310 e. The number of rotatable bonds is 8. The fourth-order valence-corrected chi connectivity index (χ4v) is 5.66. The van der Waals surface area contributed by atoms with Crippen molar-refractivity contribution in [3.8, 4) is 0 Å². The van der Waals surface area contributed by atoms with E-state index >= 15 is 0 Å². The summed E-state index contributed by atoms with van der Waals surface area (Å²) in [6.45, 7) is 0. The minimum Gasteiger partial charge on any atom is -0.469 e. The van der Waals surface area contributed by atoms with Crippen LogP contribution in [-0.2, 0) is 20.7 Å². The van der Waals surface area contributed by atoms with Gasteiger partial charge < -0.3 is 10.5 Å². The number of nitrogens with two attached hydrogens (primary N) is 1. The molecule has 1 aliphatic carbocycles. The number of methoxy groups -OCH3 is 1. The summed E-state index contributed by atoms with van der Waals surface area (Å²) in [5.74, 6) is -1.13. The Morgan fingerprint density at radius 2 is 1.94 bits per heavy atom. The van der Waals surface area contributed by atoms with E-state index in [4.69, 9.17) is 15.9 Å². The lowest BCUT2D eigenvalue weighted by atomic mass is 9.85. The van der Waals surface area contributed by atoms with E-state index in [1.54, 1.807) is 11.3 Å². The molecule has 4 rings (SSSR count). The number of fused-ring (bicyclic) bond motifs is 1. The number of amidine groups is 1. The Morgan fingerprint density at radius 1 is 1.18 bits per heavy atom. The third kappa shape index (κ3) is 5.29. The van der Waals surface area contributed by atoms with Gasteiger partial charge in [0.15, 0.2) is 0 Å². The second-order valence-electron chi connectivity index (χ2n) is 8.71. The molecule has 1 aromatic heterocycles. The number of carbonyl (C=O) groups is 2. The number of amides is 1. The fraction of sp³-hybridized carbons (Fsp3) is 0.346. The zero-order valence-electron chi connectivity index (χ0n) is 19.2. The van der Waals surface area contributed by atoms with Crippen LogP contribution in [0, 0.1) is 11.3 Å². The number of nitrogen functional groups attached to an aromatic ring is 1. The molecule has 0 radical (unpaired) electrons. The number of ether oxygens (including phenoxy) is 1. The molecule has 34 heavy (non-hydrogen) atoms.